The summed E-state index contributed by atoms with van der Waals surface area (Å²) in [6, 6.07) is 0. The fourth-order valence-electron chi connectivity index (χ4n) is 3.05. The van der Waals surface area contributed by atoms with Gasteiger partial charge < -0.3 is 14.7 Å². The van der Waals surface area contributed by atoms with E-state index in [1.54, 1.807) is 21.1 Å². The molecule has 1 unspecified atom stereocenters. The van der Waals surface area contributed by atoms with Gasteiger partial charge in [0.15, 0.2) is 11.6 Å². The van der Waals surface area contributed by atoms with Crippen molar-refractivity contribution in [3.63, 3.8) is 0 Å². The molecule has 0 radical (unpaired) electrons. The maximum atomic E-state index is 12.1. The summed E-state index contributed by atoms with van der Waals surface area (Å²) < 4.78 is 0.253. The first-order valence-corrected chi connectivity index (χ1v) is 6.28. The number of ketones is 2. The molecule has 6 nitrogen and oxygen atoms in total. The highest BCUT2D eigenvalue weighted by Crippen LogP contribution is 2.41. The minimum atomic E-state index is -2.32. The van der Waals surface area contributed by atoms with E-state index >= 15 is 0 Å². The number of hydrogen-bond donors (Lipinski definition) is 2. The van der Waals surface area contributed by atoms with E-state index in [0.717, 1.165) is 0 Å². The number of carboxylic acid groups (broad SMARTS) is 1. The number of nitrogens with zero attached hydrogens (tertiary/aromatic N) is 1. The highest BCUT2D eigenvalue weighted by molar-refractivity contribution is 6.24. The third-order valence-electron chi connectivity index (χ3n) is 3.56. The Kier molecular flexibility index (Phi) is 3.89. The van der Waals surface area contributed by atoms with E-state index in [0.29, 0.717) is 6.42 Å². The van der Waals surface area contributed by atoms with Crippen LogP contribution in [0.15, 0.2) is 0 Å². The monoisotopic (exact) mass is 272 g/mol. The SMILES string of the molecule is CC(O)(C[N+](C)(C)C)C1(C(=O)O)C(=O)CCCC1=O. The molecule has 0 heterocycles. The van der Waals surface area contributed by atoms with Crippen LogP contribution in [0.1, 0.15) is 26.2 Å². The van der Waals surface area contributed by atoms with Gasteiger partial charge >= 0.3 is 5.97 Å². The molecule has 0 aromatic heterocycles. The molecule has 1 atom stereocenters. The van der Waals surface area contributed by atoms with E-state index in [2.05, 4.69) is 0 Å². The van der Waals surface area contributed by atoms with Crippen molar-refractivity contribution in [2.75, 3.05) is 27.7 Å². The Labute approximate surface area is 112 Å². The lowest BCUT2D eigenvalue weighted by Gasteiger charge is -2.44. The van der Waals surface area contributed by atoms with Crippen molar-refractivity contribution >= 4 is 17.5 Å². The lowest BCUT2D eigenvalue weighted by atomic mass is 9.61. The molecule has 0 spiro atoms. The van der Waals surface area contributed by atoms with E-state index in [4.69, 9.17) is 0 Å². The Morgan fingerprint density at radius 2 is 1.68 bits per heavy atom. The Bertz CT molecular complexity index is 403. The van der Waals surface area contributed by atoms with Gasteiger partial charge in [-0.3, -0.25) is 14.4 Å². The molecule has 1 aliphatic carbocycles. The average molecular weight is 272 g/mol. The van der Waals surface area contributed by atoms with Crippen molar-refractivity contribution in [2.45, 2.75) is 31.8 Å². The number of aliphatic carboxylic acids is 1. The van der Waals surface area contributed by atoms with Crippen molar-refractivity contribution in [1.82, 2.24) is 0 Å². The van der Waals surface area contributed by atoms with Crippen molar-refractivity contribution in [3.8, 4) is 0 Å². The molecule has 1 fully saturated rings. The highest BCUT2D eigenvalue weighted by Gasteiger charge is 2.66. The van der Waals surface area contributed by atoms with Crippen molar-refractivity contribution in [2.24, 2.45) is 5.41 Å². The van der Waals surface area contributed by atoms with Gasteiger partial charge in [-0.05, 0) is 13.3 Å². The molecule has 1 aliphatic rings. The predicted molar refractivity (Wildman–Crippen MR) is 67.5 cm³/mol. The summed E-state index contributed by atoms with van der Waals surface area (Å²) in [6.07, 6.45) is 0.393. The minimum Gasteiger partial charge on any atom is -0.480 e. The van der Waals surface area contributed by atoms with Gasteiger partial charge in [-0.2, -0.15) is 0 Å². The fraction of sp³-hybridized carbons (Fsp3) is 0.769. The summed E-state index contributed by atoms with van der Waals surface area (Å²) in [5.74, 6) is -2.91. The molecule has 6 heteroatoms. The number of aliphatic hydroxyl groups is 1. The van der Waals surface area contributed by atoms with Crippen LogP contribution >= 0.6 is 0 Å². The first-order valence-electron chi connectivity index (χ1n) is 6.28. The summed E-state index contributed by atoms with van der Waals surface area (Å²) >= 11 is 0. The van der Waals surface area contributed by atoms with Crippen molar-refractivity contribution in [3.05, 3.63) is 0 Å². The Morgan fingerprint density at radius 3 is 2.00 bits per heavy atom. The summed E-state index contributed by atoms with van der Waals surface area (Å²) in [6.45, 7) is 1.27. The number of carboxylic acids is 1. The van der Waals surface area contributed by atoms with E-state index in [-0.39, 0.29) is 23.9 Å². The first kappa shape index (κ1) is 15.8. The van der Waals surface area contributed by atoms with Crippen LogP contribution in [0.5, 0.6) is 0 Å². The number of Topliss-reactive ketones (excluding diaryl/α,β-unsaturated/α-hetero) is 2. The molecule has 19 heavy (non-hydrogen) atoms. The maximum Gasteiger partial charge on any atom is 0.328 e. The molecule has 2 N–H and O–H groups in total. The molecule has 0 amide bonds. The number of carbonyl (C=O) groups excluding carboxylic acids is 2. The smallest absolute Gasteiger partial charge is 0.328 e. The van der Waals surface area contributed by atoms with Crippen LogP contribution in [0.25, 0.3) is 0 Å². The molecule has 0 bridgehead atoms. The highest BCUT2D eigenvalue weighted by atomic mass is 16.4. The van der Waals surface area contributed by atoms with Crippen LogP contribution in [-0.4, -0.2) is 65.5 Å². The largest absolute Gasteiger partial charge is 0.480 e. The summed E-state index contributed by atoms with van der Waals surface area (Å²) in [4.78, 5) is 35.9. The molecule has 1 rings (SSSR count). The minimum absolute atomic E-state index is 0.00319. The van der Waals surface area contributed by atoms with E-state index in [9.17, 15) is 24.6 Å². The van der Waals surface area contributed by atoms with Gasteiger partial charge in [-0.1, -0.05) is 0 Å². The van der Waals surface area contributed by atoms with Crippen molar-refractivity contribution < 1.29 is 29.1 Å². The number of carbonyl (C=O) groups is 3. The number of rotatable bonds is 4. The van der Waals surface area contributed by atoms with E-state index in [1.165, 1.54) is 6.92 Å². The van der Waals surface area contributed by atoms with Gasteiger partial charge in [0.25, 0.3) is 0 Å². The normalized spacial score (nSPS) is 23.0. The van der Waals surface area contributed by atoms with Gasteiger partial charge in [0.05, 0.1) is 21.1 Å². The molecular weight excluding hydrogens is 250 g/mol. The molecule has 0 saturated heterocycles. The van der Waals surface area contributed by atoms with Gasteiger partial charge in [0, 0.05) is 12.8 Å². The van der Waals surface area contributed by atoms with Crippen LogP contribution in [0.4, 0.5) is 0 Å². The van der Waals surface area contributed by atoms with Crippen molar-refractivity contribution in [1.29, 1.82) is 0 Å². The molecule has 0 aromatic carbocycles. The zero-order valence-electron chi connectivity index (χ0n) is 11.9. The summed E-state index contributed by atoms with van der Waals surface area (Å²) in [5, 5.41) is 20.1. The molecule has 0 aliphatic heterocycles. The van der Waals surface area contributed by atoms with Crippen LogP contribution in [0.3, 0.4) is 0 Å². The van der Waals surface area contributed by atoms with Gasteiger partial charge in [0.2, 0.25) is 5.41 Å². The molecular formula is C13H22NO5+. The van der Waals surface area contributed by atoms with Crippen LogP contribution in [0, 0.1) is 5.41 Å². The maximum absolute atomic E-state index is 12.1. The second-order valence-electron chi connectivity index (χ2n) is 6.48. The van der Waals surface area contributed by atoms with Crippen LogP contribution in [0.2, 0.25) is 0 Å². The standard InChI is InChI=1S/C13H21NO5/c1-12(19,8-14(2,3)4)13(11(17)18)9(15)6-5-7-10(13)16/h19H,5-8H2,1-4H3/p+1. The lowest BCUT2D eigenvalue weighted by molar-refractivity contribution is -0.877. The summed E-state index contributed by atoms with van der Waals surface area (Å²) in [7, 11) is 5.30. The second kappa shape index (κ2) is 4.68. The lowest BCUT2D eigenvalue weighted by Crippen LogP contribution is -2.67. The zero-order chi connectivity index (χ0) is 15.1. The topological polar surface area (TPSA) is 91.7 Å². The van der Waals surface area contributed by atoms with Gasteiger partial charge in [0.1, 0.15) is 12.1 Å². The van der Waals surface area contributed by atoms with E-state index in [1.807, 2.05) is 0 Å². The Hall–Kier alpha value is -1.27. The summed E-state index contributed by atoms with van der Waals surface area (Å²) in [5.41, 5.74) is -4.23. The predicted octanol–water partition coefficient (Wildman–Crippen LogP) is -0.163. The Balaban J connectivity index is 3.37. The number of quaternary nitrogens is 1. The third-order valence-corrected chi connectivity index (χ3v) is 3.56. The molecule has 0 aromatic rings. The molecule has 1 saturated carbocycles. The third kappa shape index (κ3) is 2.55. The van der Waals surface area contributed by atoms with Crippen LogP contribution < -0.4 is 0 Å². The van der Waals surface area contributed by atoms with Gasteiger partial charge in [-0.15, -0.1) is 0 Å². The van der Waals surface area contributed by atoms with E-state index < -0.39 is 28.6 Å². The average Bonchev–Trinajstić information content (AvgIpc) is 2.11. The number of hydrogen-bond acceptors (Lipinski definition) is 4. The fourth-order valence-corrected chi connectivity index (χ4v) is 3.05. The number of likely N-dealkylation sites (N-methyl/N-ethyl adjacent to an activating group) is 1. The zero-order valence-corrected chi connectivity index (χ0v) is 11.9. The van der Waals surface area contributed by atoms with Crippen LogP contribution in [-0.2, 0) is 14.4 Å². The van der Waals surface area contributed by atoms with Gasteiger partial charge in [-0.25, -0.2) is 0 Å². The molecule has 108 valence electrons. The second-order valence-corrected chi connectivity index (χ2v) is 6.48. The Morgan fingerprint density at radius 1 is 1.26 bits per heavy atom. The quantitative estimate of drug-likeness (QED) is 0.548. The first-order chi connectivity index (χ1) is 8.45.